The quantitative estimate of drug-likeness (QED) is 0.845. The van der Waals surface area contributed by atoms with Gasteiger partial charge in [0.1, 0.15) is 18.1 Å². The Bertz CT molecular complexity index is 339. The summed E-state index contributed by atoms with van der Waals surface area (Å²) in [6.07, 6.45) is 6.36. The van der Waals surface area contributed by atoms with Crippen LogP contribution in [0.5, 0.6) is 0 Å². The van der Waals surface area contributed by atoms with Gasteiger partial charge in [-0.25, -0.2) is 4.98 Å². The predicted octanol–water partition coefficient (Wildman–Crippen LogP) is 1.68. The number of ether oxygens (including phenoxy) is 1. The first-order valence-electron chi connectivity index (χ1n) is 6.18. The highest BCUT2D eigenvalue weighted by Gasteiger charge is 2.23. The van der Waals surface area contributed by atoms with Gasteiger partial charge in [-0.3, -0.25) is 0 Å². The highest BCUT2D eigenvalue weighted by atomic mass is 16.5. The third kappa shape index (κ3) is 2.13. The van der Waals surface area contributed by atoms with Gasteiger partial charge in [0.15, 0.2) is 5.89 Å². The van der Waals surface area contributed by atoms with Gasteiger partial charge in [-0.1, -0.05) is 0 Å². The van der Waals surface area contributed by atoms with Crippen LogP contribution in [0.2, 0.25) is 0 Å². The molecule has 2 unspecified atom stereocenters. The van der Waals surface area contributed by atoms with Gasteiger partial charge in [0, 0.05) is 13.0 Å². The van der Waals surface area contributed by atoms with E-state index in [9.17, 15) is 0 Å². The van der Waals surface area contributed by atoms with Gasteiger partial charge in [0.05, 0.1) is 0 Å². The second-order valence-corrected chi connectivity index (χ2v) is 4.73. The summed E-state index contributed by atoms with van der Waals surface area (Å²) in [7, 11) is 0. The van der Waals surface area contributed by atoms with Crippen LogP contribution in [0.1, 0.15) is 37.0 Å². The van der Waals surface area contributed by atoms with Crippen molar-refractivity contribution < 1.29 is 9.15 Å². The van der Waals surface area contributed by atoms with E-state index in [4.69, 9.17) is 9.15 Å². The highest BCUT2D eigenvalue weighted by molar-refractivity contribution is 5.03. The van der Waals surface area contributed by atoms with Crippen molar-refractivity contribution in [3.05, 3.63) is 17.8 Å². The van der Waals surface area contributed by atoms with E-state index in [2.05, 4.69) is 10.3 Å². The van der Waals surface area contributed by atoms with Crippen molar-refractivity contribution in [1.29, 1.82) is 0 Å². The molecule has 2 aliphatic rings. The molecule has 2 aliphatic heterocycles. The van der Waals surface area contributed by atoms with Crippen molar-refractivity contribution in [1.82, 2.24) is 10.3 Å². The molecular weight excluding hydrogens is 204 g/mol. The largest absolute Gasteiger partial charge is 0.449 e. The Kier molecular flexibility index (Phi) is 2.93. The zero-order valence-electron chi connectivity index (χ0n) is 9.45. The second-order valence-electron chi connectivity index (χ2n) is 4.73. The number of nitrogens with one attached hydrogen (secondary N) is 1. The Hall–Kier alpha value is -0.870. The van der Waals surface area contributed by atoms with Gasteiger partial charge in [0.2, 0.25) is 0 Å². The lowest BCUT2D eigenvalue weighted by molar-refractivity contribution is 0.108. The van der Waals surface area contributed by atoms with E-state index in [0.29, 0.717) is 5.92 Å². The molecule has 3 heterocycles. The smallest absolute Gasteiger partial charge is 0.194 e. The van der Waals surface area contributed by atoms with Crippen molar-refractivity contribution in [2.45, 2.75) is 31.8 Å². The molecule has 4 heteroatoms. The molecule has 0 spiro atoms. The predicted molar refractivity (Wildman–Crippen MR) is 59.1 cm³/mol. The first-order chi connectivity index (χ1) is 7.92. The van der Waals surface area contributed by atoms with Crippen molar-refractivity contribution in [3.8, 4) is 0 Å². The summed E-state index contributed by atoms with van der Waals surface area (Å²) in [5.41, 5.74) is 0.985. The maximum absolute atomic E-state index is 5.59. The van der Waals surface area contributed by atoms with E-state index in [-0.39, 0.29) is 6.10 Å². The number of hydrogen-bond acceptors (Lipinski definition) is 4. The molecule has 0 saturated carbocycles. The van der Waals surface area contributed by atoms with Crippen LogP contribution in [0.3, 0.4) is 0 Å². The summed E-state index contributed by atoms with van der Waals surface area (Å²) in [4.78, 5) is 4.54. The highest BCUT2D eigenvalue weighted by Crippen LogP contribution is 2.28. The zero-order valence-corrected chi connectivity index (χ0v) is 9.45. The molecule has 3 rings (SSSR count). The molecule has 0 aliphatic carbocycles. The maximum atomic E-state index is 5.59. The molecule has 88 valence electrons. The molecule has 0 bridgehead atoms. The Labute approximate surface area is 95.4 Å². The Morgan fingerprint density at radius 2 is 2.44 bits per heavy atom. The molecule has 1 aromatic rings. The van der Waals surface area contributed by atoms with Crippen LogP contribution in [-0.2, 0) is 11.2 Å². The van der Waals surface area contributed by atoms with Gasteiger partial charge in [-0.05, 0) is 38.3 Å². The first kappa shape index (κ1) is 10.3. The lowest BCUT2D eigenvalue weighted by Crippen LogP contribution is -2.11. The van der Waals surface area contributed by atoms with Crippen LogP contribution in [-0.4, -0.2) is 24.7 Å². The van der Waals surface area contributed by atoms with E-state index in [1.54, 1.807) is 6.26 Å². The van der Waals surface area contributed by atoms with E-state index in [1.807, 2.05) is 0 Å². The van der Waals surface area contributed by atoms with Crippen LogP contribution in [0.25, 0.3) is 0 Å². The van der Waals surface area contributed by atoms with Crippen molar-refractivity contribution >= 4 is 0 Å². The minimum absolute atomic E-state index is 0.180. The molecule has 2 saturated heterocycles. The van der Waals surface area contributed by atoms with Crippen molar-refractivity contribution in [3.63, 3.8) is 0 Å². The van der Waals surface area contributed by atoms with E-state index >= 15 is 0 Å². The lowest BCUT2D eigenvalue weighted by atomic mass is 10.1. The van der Waals surface area contributed by atoms with Crippen LogP contribution >= 0.6 is 0 Å². The number of hydrogen-bond donors (Lipinski definition) is 1. The fraction of sp³-hybridized carbons (Fsp3) is 0.750. The fourth-order valence-electron chi connectivity index (χ4n) is 2.51. The molecule has 0 amide bonds. The van der Waals surface area contributed by atoms with E-state index in [1.165, 1.54) is 6.42 Å². The van der Waals surface area contributed by atoms with Crippen LogP contribution < -0.4 is 5.32 Å². The minimum atomic E-state index is 0.180. The molecule has 1 aromatic heterocycles. The van der Waals surface area contributed by atoms with Gasteiger partial charge >= 0.3 is 0 Å². The van der Waals surface area contributed by atoms with Gasteiger partial charge in [-0.15, -0.1) is 0 Å². The summed E-state index contributed by atoms with van der Waals surface area (Å²) in [6.45, 7) is 3.08. The standard InChI is InChI=1S/C12H18N2O2/c1-2-11(15-5-1)10-8-16-12(14-10)6-9-3-4-13-7-9/h8-9,11,13H,1-7H2. The number of rotatable bonds is 3. The molecule has 0 aromatic carbocycles. The van der Waals surface area contributed by atoms with Crippen molar-refractivity contribution in [2.24, 2.45) is 5.92 Å². The van der Waals surface area contributed by atoms with Crippen molar-refractivity contribution in [2.75, 3.05) is 19.7 Å². The number of oxazole rings is 1. The topological polar surface area (TPSA) is 47.3 Å². The third-order valence-electron chi connectivity index (χ3n) is 3.45. The molecular formula is C12H18N2O2. The lowest BCUT2D eigenvalue weighted by Gasteiger charge is -2.04. The van der Waals surface area contributed by atoms with Gasteiger partial charge < -0.3 is 14.5 Å². The summed E-state index contributed by atoms with van der Waals surface area (Å²) < 4.78 is 11.1. The summed E-state index contributed by atoms with van der Waals surface area (Å²) in [6, 6.07) is 0. The summed E-state index contributed by atoms with van der Waals surface area (Å²) >= 11 is 0. The average Bonchev–Trinajstić information content (AvgIpc) is 2.99. The third-order valence-corrected chi connectivity index (χ3v) is 3.45. The summed E-state index contributed by atoms with van der Waals surface area (Å²) in [5.74, 6) is 1.56. The normalized spacial score (nSPS) is 30.0. The Balaban J connectivity index is 1.62. The van der Waals surface area contributed by atoms with Gasteiger partial charge in [0.25, 0.3) is 0 Å². The Morgan fingerprint density at radius 1 is 1.44 bits per heavy atom. The number of nitrogens with zero attached hydrogens (tertiary/aromatic N) is 1. The monoisotopic (exact) mass is 222 g/mol. The Morgan fingerprint density at radius 3 is 3.19 bits per heavy atom. The molecule has 16 heavy (non-hydrogen) atoms. The molecule has 1 N–H and O–H groups in total. The van der Waals surface area contributed by atoms with Crippen LogP contribution in [0.4, 0.5) is 0 Å². The summed E-state index contributed by atoms with van der Waals surface area (Å²) in [5, 5.41) is 3.36. The maximum Gasteiger partial charge on any atom is 0.194 e. The molecule has 2 fully saturated rings. The second kappa shape index (κ2) is 4.55. The molecule has 4 nitrogen and oxygen atoms in total. The number of aromatic nitrogens is 1. The zero-order chi connectivity index (χ0) is 10.8. The molecule has 0 radical (unpaired) electrons. The van der Waals surface area contributed by atoms with E-state index < -0.39 is 0 Å². The van der Waals surface area contributed by atoms with Crippen LogP contribution in [0.15, 0.2) is 10.7 Å². The fourth-order valence-corrected chi connectivity index (χ4v) is 2.51. The SMILES string of the molecule is c1oc(CC2CCNC2)nc1C1CCCO1. The molecule has 2 atom stereocenters. The average molecular weight is 222 g/mol. The minimum Gasteiger partial charge on any atom is -0.449 e. The first-order valence-corrected chi connectivity index (χ1v) is 6.18. The van der Waals surface area contributed by atoms with Gasteiger partial charge in [-0.2, -0.15) is 0 Å². The van der Waals surface area contributed by atoms with E-state index in [0.717, 1.165) is 50.5 Å². The van der Waals surface area contributed by atoms with Crippen LogP contribution in [0, 0.1) is 5.92 Å².